The summed E-state index contributed by atoms with van der Waals surface area (Å²) in [4.78, 5) is 0. The van der Waals surface area contributed by atoms with Crippen LogP contribution >= 0.6 is 31.9 Å². The molecule has 2 rings (SSSR count). The number of anilines is 1. The van der Waals surface area contributed by atoms with Gasteiger partial charge in [-0.25, -0.2) is 4.39 Å². The zero-order chi connectivity index (χ0) is 14.9. The van der Waals surface area contributed by atoms with E-state index in [9.17, 15) is 4.39 Å². The average Bonchev–Trinajstić information content (AvgIpc) is 2.36. The second kappa shape index (κ2) is 6.27. The maximum Gasteiger partial charge on any atom is 0.137 e. The molecule has 1 nitrogen and oxygen atoms in total. The second-order valence-electron chi connectivity index (χ2n) is 4.98. The van der Waals surface area contributed by atoms with Gasteiger partial charge in [0.25, 0.3) is 0 Å². The Morgan fingerprint density at radius 2 is 1.75 bits per heavy atom. The number of hydrogen-bond acceptors (Lipinski definition) is 1. The van der Waals surface area contributed by atoms with Gasteiger partial charge < -0.3 is 5.32 Å². The summed E-state index contributed by atoms with van der Waals surface area (Å²) in [6.07, 6.45) is 0. The third-order valence-corrected chi connectivity index (χ3v) is 4.47. The van der Waals surface area contributed by atoms with Gasteiger partial charge in [0.1, 0.15) is 5.82 Å². The first kappa shape index (κ1) is 15.5. The highest BCUT2D eigenvalue weighted by molar-refractivity contribution is 9.10. The van der Waals surface area contributed by atoms with Crippen LogP contribution in [0.2, 0.25) is 0 Å². The molecule has 2 aromatic rings. The molecule has 0 spiro atoms. The van der Waals surface area contributed by atoms with E-state index in [1.165, 1.54) is 17.2 Å². The van der Waals surface area contributed by atoms with Gasteiger partial charge in [0.05, 0.1) is 10.2 Å². The van der Waals surface area contributed by atoms with Crippen molar-refractivity contribution < 1.29 is 4.39 Å². The van der Waals surface area contributed by atoms with Crippen LogP contribution in [-0.4, -0.2) is 0 Å². The highest BCUT2D eigenvalue weighted by Gasteiger charge is 2.11. The lowest BCUT2D eigenvalue weighted by molar-refractivity contribution is 0.619. The molecule has 1 unspecified atom stereocenters. The van der Waals surface area contributed by atoms with Gasteiger partial charge >= 0.3 is 0 Å². The third-order valence-electron chi connectivity index (χ3n) is 3.24. The van der Waals surface area contributed by atoms with Crippen LogP contribution in [0.4, 0.5) is 10.1 Å². The van der Waals surface area contributed by atoms with Crippen LogP contribution in [0.15, 0.2) is 39.3 Å². The summed E-state index contributed by atoms with van der Waals surface area (Å²) < 4.78 is 14.8. The molecule has 0 saturated carbocycles. The van der Waals surface area contributed by atoms with Crippen LogP contribution in [0.25, 0.3) is 0 Å². The van der Waals surface area contributed by atoms with E-state index in [0.29, 0.717) is 4.47 Å². The number of aryl methyl sites for hydroxylation is 2. The van der Waals surface area contributed by atoms with Crippen LogP contribution in [-0.2, 0) is 0 Å². The minimum absolute atomic E-state index is 0.0876. The number of benzene rings is 2. The smallest absolute Gasteiger partial charge is 0.137 e. The SMILES string of the molecule is Cc1cc(C)c(NC(C)c2ccc(F)c(Br)c2)c(Br)c1. The van der Waals surface area contributed by atoms with E-state index >= 15 is 0 Å². The molecular formula is C16H16Br2FN. The Labute approximate surface area is 135 Å². The van der Waals surface area contributed by atoms with Gasteiger partial charge in [-0.2, -0.15) is 0 Å². The molecular weight excluding hydrogens is 385 g/mol. The molecule has 0 aromatic heterocycles. The monoisotopic (exact) mass is 399 g/mol. The Kier molecular flexibility index (Phi) is 4.86. The molecule has 1 N–H and O–H groups in total. The average molecular weight is 401 g/mol. The predicted molar refractivity (Wildman–Crippen MR) is 89.8 cm³/mol. The van der Waals surface area contributed by atoms with Crippen molar-refractivity contribution >= 4 is 37.5 Å². The molecule has 0 amide bonds. The van der Waals surface area contributed by atoms with Crippen LogP contribution in [0.5, 0.6) is 0 Å². The maximum absolute atomic E-state index is 13.3. The van der Waals surface area contributed by atoms with E-state index in [-0.39, 0.29) is 11.9 Å². The van der Waals surface area contributed by atoms with Crippen LogP contribution in [0, 0.1) is 19.7 Å². The van der Waals surface area contributed by atoms with Crippen molar-refractivity contribution in [2.45, 2.75) is 26.8 Å². The molecule has 1 atom stereocenters. The summed E-state index contributed by atoms with van der Waals surface area (Å²) in [6, 6.07) is 9.40. The highest BCUT2D eigenvalue weighted by atomic mass is 79.9. The molecule has 0 fully saturated rings. The molecule has 0 aliphatic heterocycles. The van der Waals surface area contributed by atoms with E-state index in [1.54, 1.807) is 6.07 Å². The molecule has 0 aliphatic rings. The first-order chi connectivity index (χ1) is 9.38. The summed E-state index contributed by atoms with van der Waals surface area (Å²) in [6.45, 7) is 6.21. The van der Waals surface area contributed by atoms with Gasteiger partial charge in [-0.15, -0.1) is 0 Å². The van der Waals surface area contributed by atoms with Crippen molar-refractivity contribution in [3.8, 4) is 0 Å². The largest absolute Gasteiger partial charge is 0.377 e. The fraction of sp³-hybridized carbons (Fsp3) is 0.250. The van der Waals surface area contributed by atoms with E-state index < -0.39 is 0 Å². The molecule has 0 radical (unpaired) electrons. The highest BCUT2D eigenvalue weighted by Crippen LogP contribution is 2.31. The van der Waals surface area contributed by atoms with E-state index in [1.807, 2.05) is 6.07 Å². The van der Waals surface area contributed by atoms with Gasteiger partial charge in [0, 0.05) is 10.5 Å². The zero-order valence-corrected chi connectivity index (χ0v) is 14.8. The lowest BCUT2D eigenvalue weighted by Gasteiger charge is -2.19. The molecule has 2 aromatic carbocycles. The van der Waals surface area contributed by atoms with Crippen molar-refractivity contribution in [1.82, 2.24) is 0 Å². The van der Waals surface area contributed by atoms with Gasteiger partial charge in [0.15, 0.2) is 0 Å². The van der Waals surface area contributed by atoms with Crippen molar-refractivity contribution in [3.05, 3.63) is 61.8 Å². The fourth-order valence-electron chi connectivity index (χ4n) is 2.18. The van der Waals surface area contributed by atoms with Gasteiger partial charge in [-0.05, 0) is 87.5 Å². The Morgan fingerprint density at radius 1 is 1.05 bits per heavy atom. The second-order valence-corrected chi connectivity index (χ2v) is 6.69. The standard InChI is InChI=1S/C16H16Br2FN/c1-9-6-10(2)16(14(18)7-9)20-11(3)12-4-5-15(19)13(17)8-12/h4-8,11,20H,1-3H3. The van der Waals surface area contributed by atoms with Crippen molar-refractivity contribution in [2.24, 2.45) is 0 Å². The van der Waals surface area contributed by atoms with E-state index in [4.69, 9.17) is 0 Å². The van der Waals surface area contributed by atoms with Gasteiger partial charge in [0.2, 0.25) is 0 Å². The zero-order valence-electron chi connectivity index (χ0n) is 11.6. The summed E-state index contributed by atoms with van der Waals surface area (Å²) in [5, 5.41) is 3.48. The lowest BCUT2D eigenvalue weighted by atomic mass is 10.1. The Balaban J connectivity index is 2.27. The number of hydrogen-bond donors (Lipinski definition) is 1. The minimum Gasteiger partial charge on any atom is -0.377 e. The molecule has 20 heavy (non-hydrogen) atoms. The predicted octanol–water partition coefficient (Wildman–Crippen LogP) is 6.14. The fourth-order valence-corrected chi connectivity index (χ4v) is 3.36. The topological polar surface area (TPSA) is 12.0 Å². The van der Waals surface area contributed by atoms with Crippen LogP contribution in [0.1, 0.15) is 29.7 Å². The van der Waals surface area contributed by atoms with Gasteiger partial charge in [-0.1, -0.05) is 12.1 Å². The molecule has 0 aliphatic carbocycles. The lowest BCUT2D eigenvalue weighted by Crippen LogP contribution is -2.08. The summed E-state index contributed by atoms with van der Waals surface area (Å²) in [5.41, 5.74) is 4.51. The first-order valence-electron chi connectivity index (χ1n) is 6.36. The quantitative estimate of drug-likeness (QED) is 0.652. The molecule has 0 bridgehead atoms. The number of nitrogens with one attached hydrogen (secondary N) is 1. The normalized spacial score (nSPS) is 12.3. The molecule has 4 heteroatoms. The molecule has 0 saturated heterocycles. The summed E-state index contributed by atoms with van der Waals surface area (Å²) in [5.74, 6) is -0.242. The van der Waals surface area contributed by atoms with Crippen LogP contribution < -0.4 is 5.32 Å². The van der Waals surface area contributed by atoms with E-state index in [2.05, 4.69) is 70.1 Å². The van der Waals surface area contributed by atoms with E-state index in [0.717, 1.165) is 15.7 Å². The maximum atomic E-state index is 13.3. The Bertz CT molecular complexity index is 617. The minimum atomic E-state index is -0.242. The van der Waals surface area contributed by atoms with Crippen molar-refractivity contribution in [1.29, 1.82) is 0 Å². The Morgan fingerprint density at radius 3 is 2.35 bits per heavy atom. The van der Waals surface area contributed by atoms with Crippen molar-refractivity contribution in [2.75, 3.05) is 5.32 Å². The molecule has 106 valence electrons. The van der Waals surface area contributed by atoms with Crippen molar-refractivity contribution in [3.63, 3.8) is 0 Å². The first-order valence-corrected chi connectivity index (χ1v) is 7.95. The summed E-state index contributed by atoms with van der Waals surface area (Å²) in [7, 11) is 0. The Hall–Kier alpha value is -0.870. The van der Waals surface area contributed by atoms with Gasteiger partial charge in [-0.3, -0.25) is 0 Å². The van der Waals surface area contributed by atoms with Crippen LogP contribution in [0.3, 0.4) is 0 Å². The summed E-state index contributed by atoms with van der Waals surface area (Å²) >= 11 is 6.82. The number of rotatable bonds is 3. The third kappa shape index (κ3) is 3.41. The number of halogens is 3. The molecule has 0 heterocycles.